The molecule has 0 unspecified atom stereocenters. The Labute approximate surface area is 162 Å². The molecule has 6 nitrogen and oxygen atoms in total. The highest BCUT2D eigenvalue weighted by molar-refractivity contribution is 9.10. The monoisotopic (exact) mass is 421 g/mol. The van der Waals surface area contributed by atoms with Crippen molar-refractivity contribution in [2.75, 3.05) is 13.2 Å². The topological polar surface area (TPSA) is 69.4 Å². The van der Waals surface area contributed by atoms with Gasteiger partial charge in [0.05, 0.1) is 24.3 Å². The Kier molecular flexibility index (Phi) is 6.11. The minimum absolute atomic E-state index is 0.205. The van der Waals surface area contributed by atoms with Crippen LogP contribution >= 0.6 is 15.9 Å². The number of aliphatic hydroxyl groups excluding tert-OH is 1. The van der Waals surface area contributed by atoms with Crippen LogP contribution in [0.1, 0.15) is 32.3 Å². The van der Waals surface area contributed by atoms with Crippen LogP contribution in [-0.2, 0) is 15.9 Å². The first-order valence-electron chi connectivity index (χ1n) is 8.83. The van der Waals surface area contributed by atoms with E-state index in [2.05, 4.69) is 26.0 Å². The number of hydrogen-bond donors (Lipinski definition) is 1. The fraction of sp³-hybridized carbons (Fsp3) is 0.474. The maximum Gasteiger partial charge on any atom is 0.157 e. The largest absolute Gasteiger partial charge is 0.510 e. The van der Waals surface area contributed by atoms with Crippen molar-refractivity contribution in [3.63, 3.8) is 0 Å². The summed E-state index contributed by atoms with van der Waals surface area (Å²) in [6.07, 6.45) is 4.89. The van der Waals surface area contributed by atoms with Crippen LogP contribution in [0.3, 0.4) is 0 Å². The second kappa shape index (κ2) is 8.33. The van der Waals surface area contributed by atoms with Gasteiger partial charge in [-0.3, -0.25) is 0 Å². The SMILES string of the molecule is CCC1OCC(CC)(C(O)=C(Cc2ccc(Br)cc2)n2cncn2)CO1. The van der Waals surface area contributed by atoms with E-state index < -0.39 is 5.41 Å². The van der Waals surface area contributed by atoms with Gasteiger partial charge in [-0.1, -0.05) is 41.9 Å². The Hall–Kier alpha value is -1.70. The average molecular weight is 422 g/mol. The van der Waals surface area contributed by atoms with Gasteiger partial charge in [0.25, 0.3) is 0 Å². The molecule has 0 amide bonds. The van der Waals surface area contributed by atoms with Crippen molar-refractivity contribution >= 4 is 21.6 Å². The molecular formula is C19H24BrN3O3. The lowest BCUT2D eigenvalue weighted by molar-refractivity contribution is -0.227. The predicted octanol–water partition coefficient (Wildman–Crippen LogP) is 4.19. The van der Waals surface area contributed by atoms with E-state index in [1.54, 1.807) is 11.0 Å². The number of aromatic nitrogens is 3. The van der Waals surface area contributed by atoms with Crippen LogP contribution in [0.25, 0.3) is 5.70 Å². The fourth-order valence-electron chi connectivity index (χ4n) is 3.06. The first kappa shape index (κ1) is 19.1. The Morgan fingerprint density at radius 1 is 1.27 bits per heavy atom. The normalized spacial score (nSPS) is 24.3. The average Bonchev–Trinajstić information content (AvgIpc) is 3.21. The van der Waals surface area contributed by atoms with Crippen LogP contribution in [0.4, 0.5) is 0 Å². The van der Waals surface area contributed by atoms with Gasteiger partial charge in [0.15, 0.2) is 6.29 Å². The minimum Gasteiger partial charge on any atom is -0.510 e. The molecule has 1 aromatic carbocycles. The highest BCUT2D eigenvalue weighted by atomic mass is 79.9. The highest BCUT2D eigenvalue weighted by Crippen LogP contribution is 2.38. The van der Waals surface area contributed by atoms with Crippen LogP contribution < -0.4 is 0 Å². The molecular weight excluding hydrogens is 398 g/mol. The summed E-state index contributed by atoms with van der Waals surface area (Å²) in [6, 6.07) is 8.01. The molecule has 7 heteroatoms. The van der Waals surface area contributed by atoms with Crippen molar-refractivity contribution in [1.82, 2.24) is 14.8 Å². The van der Waals surface area contributed by atoms with E-state index in [-0.39, 0.29) is 12.0 Å². The summed E-state index contributed by atoms with van der Waals surface area (Å²) in [6.45, 7) is 4.90. The van der Waals surface area contributed by atoms with Crippen molar-refractivity contribution in [3.8, 4) is 0 Å². The zero-order valence-corrected chi connectivity index (χ0v) is 16.6. The Bertz CT molecular complexity index is 736. The molecule has 0 atom stereocenters. The highest BCUT2D eigenvalue weighted by Gasteiger charge is 2.41. The number of ether oxygens (including phenoxy) is 2. The van der Waals surface area contributed by atoms with E-state index in [1.807, 2.05) is 38.1 Å². The third-order valence-electron chi connectivity index (χ3n) is 4.86. The molecule has 0 spiro atoms. The van der Waals surface area contributed by atoms with E-state index >= 15 is 0 Å². The zero-order valence-electron chi connectivity index (χ0n) is 15.1. The molecule has 140 valence electrons. The molecule has 1 saturated heterocycles. The fourth-order valence-corrected chi connectivity index (χ4v) is 3.33. The molecule has 3 rings (SSSR count). The molecule has 1 aliphatic rings. The van der Waals surface area contributed by atoms with E-state index in [9.17, 15) is 5.11 Å². The molecule has 0 saturated carbocycles. The number of benzene rings is 1. The quantitative estimate of drug-likeness (QED) is 0.707. The first-order chi connectivity index (χ1) is 12.6. The number of allylic oxidation sites excluding steroid dienone is 1. The van der Waals surface area contributed by atoms with Gasteiger partial charge < -0.3 is 14.6 Å². The summed E-state index contributed by atoms with van der Waals surface area (Å²) in [7, 11) is 0. The van der Waals surface area contributed by atoms with Crippen molar-refractivity contribution < 1.29 is 14.6 Å². The third-order valence-corrected chi connectivity index (χ3v) is 5.39. The molecule has 26 heavy (non-hydrogen) atoms. The maximum absolute atomic E-state index is 11.3. The number of rotatable bonds is 6. The molecule has 1 aliphatic heterocycles. The second-order valence-corrected chi connectivity index (χ2v) is 7.45. The molecule has 0 radical (unpaired) electrons. The van der Waals surface area contributed by atoms with Gasteiger partial charge in [-0.05, 0) is 30.5 Å². The number of halogens is 1. The maximum atomic E-state index is 11.3. The van der Waals surface area contributed by atoms with E-state index in [1.165, 1.54) is 6.33 Å². The molecule has 1 aromatic heterocycles. The van der Waals surface area contributed by atoms with Crippen LogP contribution in [0.5, 0.6) is 0 Å². The summed E-state index contributed by atoms with van der Waals surface area (Å²) >= 11 is 3.45. The Morgan fingerprint density at radius 3 is 2.50 bits per heavy atom. The summed E-state index contributed by atoms with van der Waals surface area (Å²) < 4.78 is 14.3. The van der Waals surface area contributed by atoms with E-state index in [0.717, 1.165) is 16.5 Å². The third kappa shape index (κ3) is 4.00. The van der Waals surface area contributed by atoms with Gasteiger partial charge >= 0.3 is 0 Å². The molecule has 0 aliphatic carbocycles. The van der Waals surface area contributed by atoms with Crippen molar-refractivity contribution in [1.29, 1.82) is 0 Å². The minimum atomic E-state index is -0.581. The molecule has 2 aromatic rings. The number of hydrogen-bond acceptors (Lipinski definition) is 5. The predicted molar refractivity (Wildman–Crippen MR) is 102 cm³/mol. The Morgan fingerprint density at radius 2 is 1.96 bits per heavy atom. The lowest BCUT2D eigenvalue weighted by Crippen LogP contribution is -2.43. The number of nitrogens with zero attached hydrogens (tertiary/aromatic N) is 3. The van der Waals surface area contributed by atoms with E-state index in [4.69, 9.17) is 9.47 Å². The lowest BCUT2D eigenvalue weighted by atomic mass is 9.82. The Balaban J connectivity index is 1.97. The van der Waals surface area contributed by atoms with Crippen molar-refractivity contribution in [3.05, 3.63) is 52.7 Å². The summed E-state index contributed by atoms with van der Waals surface area (Å²) in [5.41, 5.74) is 1.18. The zero-order chi connectivity index (χ0) is 18.6. The van der Waals surface area contributed by atoms with Gasteiger partial charge in [-0.25, -0.2) is 9.67 Å². The van der Waals surface area contributed by atoms with Gasteiger partial charge in [0.2, 0.25) is 0 Å². The summed E-state index contributed by atoms with van der Waals surface area (Å²) in [5, 5.41) is 15.5. The lowest BCUT2D eigenvalue weighted by Gasteiger charge is -2.39. The van der Waals surface area contributed by atoms with Crippen molar-refractivity contribution in [2.45, 2.75) is 39.4 Å². The van der Waals surface area contributed by atoms with Crippen LogP contribution in [-0.4, -0.2) is 39.4 Å². The summed E-state index contributed by atoms with van der Waals surface area (Å²) in [5.74, 6) is 0.253. The standard InChI is InChI=1S/C19H24BrN3O3/c1-3-17-25-10-19(4-2,11-26-17)18(24)16(23-13-21-12-22-23)9-14-5-7-15(20)8-6-14/h5-8,12-13,17,24H,3-4,9-11H2,1-2H3. The number of aliphatic hydroxyl groups is 1. The van der Waals surface area contributed by atoms with Crippen LogP contribution in [0, 0.1) is 5.41 Å². The molecule has 2 heterocycles. The molecule has 1 fully saturated rings. The smallest absolute Gasteiger partial charge is 0.157 e. The van der Waals surface area contributed by atoms with Gasteiger partial charge in [0.1, 0.15) is 18.4 Å². The van der Waals surface area contributed by atoms with Crippen LogP contribution in [0.2, 0.25) is 0 Å². The summed E-state index contributed by atoms with van der Waals surface area (Å²) in [4.78, 5) is 4.04. The molecule has 0 bridgehead atoms. The van der Waals surface area contributed by atoms with Crippen LogP contribution in [0.15, 0.2) is 47.2 Å². The first-order valence-corrected chi connectivity index (χ1v) is 9.62. The van der Waals surface area contributed by atoms with E-state index in [0.29, 0.717) is 31.8 Å². The van der Waals surface area contributed by atoms with Crippen molar-refractivity contribution in [2.24, 2.45) is 5.41 Å². The van der Waals surface area contributed by atoms with Gasteiger partial charge in [0, 0.05) is 10.9 Å². The van der Waals surface area contributed by atoms with Gasteiger partial charge in [-0.15, -0.1) is 0 Å². The van der Waals surface area contributed by atoms with Gasteiger partial charge in [-0.2, -0.15) is 5.10 Å². The second-order valence-electron chi connectivity index (χ2n) is 6.53. The molecule has 1 N–H and O–H groups in total.